The van der Waals surface area contributed by atoms with Crippen LogP contribution in [-0.2, 0) is 18.4 Å². The number of nitrogens with zero attached hydrogens (tertiary/aromatic N) is 6. The minimum Gasteiger partial charge on any atom is -0.473 e. The molecule has 170 valence electrons. The summed E-state index contributed by atoms with van der Waals surface area (Å²) in [5, 5.41) is 8.30. The van der Waals surface area contributed by atoms with Crippen LogP contribution in [0.1, 0.15) is 63.8 Å². The molecule has 0 unspecified atom stereocenters. The van der Waals surface area contributed by atoms with Gasteiger partial charge < -0.3 is 14.4 Å². The molecule has 0 spiro atoms. The van der Waals surface area contributed by atoms with E-state index >= 15 is 0 Å². The molecule has 0 bridgehead atoms. The third-order valence-electron chi connectivity index (χ3n) is 5.60. The molecule has 1 aliphatic carbocycles. The van der Waals surface area contributed by atoms with Gasteiger partial charge in [0.25, 0.3) is 0 Å². The van der Waals surface area contributed by atoms with Crippen molar-refractivity contribution in [2.75, 3.05) is 13.6 Å². The maximum atomic E-state index is 12.3. The second kappa shape index (κ2) is 10.5. The van der Waals surface area contributed by atoms with Gasteiger partial charge in [0.05, 0.1) is 6.20 Å². The second-order valence-corrected chi connectivity index (χ2v) is 8.69. The van der Waals surface area contributed by atoms with Gasteiger partial charge in [0.15, 0.2) is 0 Å². The topological polar surface area (TPSA) is 95.3 Å². The number of carbonyl (C=O) groups excluding carboxylic acids is 1. The molecule has 9 heteroatoms. The van der Waals surface area contributed by atoms with Gasteiger partial charge in [-0.2, -0.15) is 0 Å². The van der Waals surface area contributed by atoms with E-state index < -0.39 is 0 Å². The summed E-state index contributed by atoms with van der Waals surface area (Å²) in [7, 11) is 3.51. The lowest BCUT2D eigenvalue weighted by atomic mass is 9.98. The van der Waals surface area contributed by atoms with Gasteiger partial charge in [-0.05, 0) is 44.9 Å². The molecule has 9 nitrogen and oxygen atoms in total. The van der Waals surface area contributed by atoms with Crippen LogP contribution in [0, 0.1) is 12.8 Å². The summed E-state index contributed by atoms with van der Waals surface area (Å²) in [6, 6.07) is 0. The highest BCUT2D eigenvalue weighted by molar-refractivity contribution is 5.67. The van der Waals surface area contributed by atoms with E-state index in [1.165, 1.54) is 19.3 Å². The highest BCUT2D eigenvalue weighted by Crippen LogP contribution is 2.26. The van der Waals surface area contributed by atoms with Gasteiger partial charge in [-0.15, -0.1) is 5.10 Å². The number of amides is 1. The van der Waals surface area contributed by atoms with Crippen molar-refractivity contribution >= 4 is 6.09 Å². The van der Waals surface area contributed by atoms with E-state index in [1.807, 2.05) is 6.92 Å². The average Bonchev–Trinajstić information content (AvgIpc) is 3.12. The number of ether oxygens (including phenoxy) is 2. The molecule has 0 atom stereocenters. The maximum Gasteiger partial charge on any atom is 0.409 e. The summed E-state index contributed by atoms with van der Waals surface area (Å²) in [5.74, 6) is 1.09. The minimum absolute atomic E-state index is 0.0603. The van der Waals surface area contributed by atoms with E-state index in [-0.39, 0.29) is 18.8 Å². The first-order valence-electron chi connectivity index (χ1n) is 11.1. The highest BCUT2D eigenvalue weighted by Gasteiger charge is 2.21. The van der Waals surface area contributed by atoms with Crippen molar-refractivity contribution in [3.05, 3.63) is 17.6 Å². The third kappa shape index (κ3) is 6.15. The second-order valence-electron chi connectivity index (χ2n) is 8.69. The van der Waals surface area contributed by atoms with E-state index in [9.17, 15) is 4.79 Å². The number of hydrogen-bond acceptors (Lipinski definition) is 7. The van der Waals surface area contributed by atoms with Gasteiger partial charge in [-0.25, -0.2) is 19.4 Å². The van der Waals surface area contributed by atoms with Gasteiger partial charge in [0.2, 0.25) is 5.88 Å². The Morgan fingerprint density at radius 3 is 2.71 bits per heavy atom. The molecule has 3 rings (SSSR count). The smallest absolute Gasteiger partial charge is 0.409 e. The maximum absolute atomic E-state index is 12.3. The van der Waals surface area contributed by atoms with Crippen molar-refractivity contribution in [2.24, 2.45) is 13.0 Å². The first-order valence-corrected chi connectivity index (χ1v) is 11.1. The van der Waals surface area contributed by atoms with Crippen LogP contribution >= 0.6 is 0 Å². The van der Waals surface area contributed by atoms with Gasteiger partial charge in [0.1, 0.15) is 35.5 Å². The number of hydrogen-bond donors (Lipinski definition) is 0. The Bertz CT molecular complexity index is 876. The molecule has 2 aromatic rings. The summed E-state index contributed by atoms with van der Waals surface area (Å²) in [4.78, 5) is 23.0. The van der Waals surface area contributed by atoms with Crippen molar-refractivity contribution in [3.8, 4) is 17.3 Å². The van der Waals surface area contributed by atoms with Crippen LogP contribution in [0.25, 0.3) is 11.4 Å². The van der Waals surface area contributed by atoms with Crippen LogP contribution in [-0.4, -0.2) is 55.7 Å². The molecule has 0 aliphatic heterocycles. The molecule has 2 aromatic heterocycles. The lowest BCUT2D eigenvalue weighted by Gasteiger charge is -2.22. The monoisotopic (exact) mass is 430 g/mol. The quantitative estimate of drug-likeness (QED) is 0.626. The molecule has 1 aliphatic rings. The van der Waals surface area contributed by atoms with Crippen molar-refractivity contribution in [1.29, 1.82) is 0 Å². The summed E-state index contributed by atoms with van der Waals surface area (Å²) in [5.41, 5.74) is 2.52. The Kier molecular flexibility index (Phi) is 7.81. The number of rotatable bonds is 8. The third-order valence-corrected chi connectivity index (χ3v) is 5.60. The Labute approximate surface area is 184 Å². The van der Waals surface area contributed by atoms with Gasteiger partial charge >= 0.3 is 6.09 Å². The molecule has 0 N–H and O–H groups in total. The minimum atomic E-state index is -0.369. The molecule has 1 saturated carbocycles. The fraction of sp³-hybridized carbons (Fsp3) is 0.682. The summed E-state index contributed by atoms with van der Waals surface area (Å²) < 4.78 is 13.2. The first kappa shape index (κ1) is 23.0. The van der Waals surface area contributed by atoms with Crippen LogP contribution in [0.2, 0.25) is 0 Å². The lowest BCUT2D eigenvalue weighted by Crippen LogP contribution is -2.29. The van der Waals surface area contributed by atoms with Crippen LogP contribution in [0.3, 0.4) is 0 Å². The largest absolute Gasteiger partial charge is 0.473 e. The van der Waals surface area contributed by atoms with E-state index in [0.29, 0.717) is 41.1 Å². The number of aryl methyl sites for hydroxylation is 2. The summed E-state index contributed by atoms with van der Waals surface area (Å²) in [6.07, 6.45) is 8.22. The van der Waals surface area contributed by atoms with Crippen LogP contribution in [0.5, 0.6) is 5.88 Å². The number of aromatic nitrogens is 5. The van der Waals surface area contributed by atoms with Crippen molar-refractivity contribution in [1.82, 2.24) is 29.9 Å². The molecule has 0 radical (unpaired) electrons. The molecule has 1 amide bonds. The van der Waals surface area contributed by atoms with E-state index in [1.54, 1.807) is 29.9 Å². The van der Waals surface area contributed by atoms with Crippen LogP contribution < -0.4 is 4.74 Å². The summed E-state index contributed by atoms with van der Waals surface area (Å²) in [6.45, 7) is 6.85. The predicted molar refractivity (Wildman–Crippen MR) is 117 cm³/mol. The van der Waals surface area contributed by atoms with Gasteiger partial charge in [0, 0.05) is 20.6 Å². The highest BCUT2D eigenvalue weighted by atomic mass is 16.6. The summed E-state index contributed by atoms with van der Waals surface area (Å²) >= 11 is 0. The Morgan fingerprint density at radius 1 is 1.29 bits per heavy atom. The zero-order chi connectivity index (χ0) is 22.4. The van der Waals surface area contributed by atoms with Gasteiger partial charge in [-0.3, -0.25) is 0 Å². The van der Waals surface area contributed by atoms with Crippen LogP contribution in [0.4, 0.5) is 4.79 Å². The molecule has 0 aromatic carbocycles. The molecule has 31 heavy (non-hydrogen) atoms. The Hall–Kier alpha value is -2.71. The Balaban J connectivity index is 1.67. The van der Waals surface area contributed by atoms with E-state index in [0.717, 1.165) is 19.3 Å². The zero-order valence-electron chi connectivity index (χ0n) is 19.3. The van der Waals surface area contributed by atoms with Crippen molar-refractivity contribution in [3.63, 3.8) is 0 Å². The van der Waals surface area contributed by atoms with Gasteiger partial charge in [-0.1, -0.05) is 25.5 Å². The standard InChI is InChI=1S/C22H34N6O3/c1-15(2)11-12-27(4)22(29)30-14-19-20(25-26-28(19)5)18-13-23-21(16(3)24-18)31-17-9-7-6-8-10-17/h13,15,17H,6-12,14H2,1-5H3. The lowest BCUT2D eigenvalue weighted by molar-refractivity contribution is 0.101. The predicted octanol–water partition coefficient (Wildman–Crippen LogP) is 3.91. The van der Waals surface area contributed by atoms with E-state index in [4.69, 9.17) is 9.47 Å². The van der Waals surface area contributed by atoms with E-state index in [2.05, 4.69) is 34.1 Å². The molecular weight excluding hydrogens is 396 g/mol. The normalized spacial score (nSPS) is 14.6. The Morgan fingerprint density at radius 2 is 2.03 bits per heavy atom. The van der Waals surface area contributed by atoms with Crippen molar-refractivity contribution in [2.45, 2.75) is 72.0 Å². The molecule has 2 heterocycles. The average molecular weight is 431 g/mol. The van der Waals surface area contributed by atoms with Crippen LogP contribution in [0.15, 0.2) is 6.20 Å². The SMILES string of the molecule is Cc1nc(-c2nnn(C)c2COC(=O)N(C)CCC(C)C)cnc1OC1CCCCC1. The molecule has 0 saturated heterocycles. The molecule has 1 fully saturated rings. The zero-order valence-corrected chi connectivity index (χ0v) is 19.3. The van der Waals surface area contributed by atoms with Crippen molar-refractivity contribution < 1.29 is 14.3 Å². The first-order chi connectivity index (χ1) is 14.8. The number of carbonyl (C=O) groups is 1. The molecular formula is C22H34N6O3. The fourth-order valence-electron chi connectivity index (χ4n) is 3.56. The fourth-order valence-corrected chi connectivity index (χ4v) is 3.56.